The van der Waals surface area contributed by atoms with E-state index in [2.05, 4.69) is 24.1 Å². The zero-order valence-corrected chi connectivity index (χ0v) is 20.5. The molecule has 1 atom stereocenters. The van der Waals surface area contributed by atoms with Gasteiger partial charge in [0.25, 0.3) is 0 Å². The van der Waals surface area contributed by atoms with Gasteiger partial charge in [0.1, 0.15) is 5.75 Å². The smallest absolute Gasteiger partial charge is 0.306 e. The summed E-state index contributed by atoms with van der Waals surface area (Å²) in [5.41, 5.74) is 1.79. The van der Waals surface area contributed by atoms with E-state index >= 15 is 0 Å². The fraction of sp³-hybridized carbons (Fsp3) is 0.480. The molecule has 0 spiro atoms. The lowest BCUT2D eigenvalue weighted by atomic mass is 9.81. The van der Waals surface area contributed by atoms with Crippen molar-refractivity contribution in [2.45, 2.75) is 50.8 Å². The number of carbonyl (C=O) groups is 1. The first kappa shape index (κ1) is 24.9. The largest absolute Gasteiger partial charge is 0.491 e. The number of nitrogens with one attached hydrogen (secondary N) is 1. The normalized spacial score (nSPS) is 19.4. The molecule has 8 heteroatoms. The fourth-order valence-corrected chi connectivity index (χ4v) is 6.63. The number of anilines is 3. The van der Waals surface area contributed by atoms with Gasteiger partial charge in [-0.15, -0.1) is 0 Å². The minimum atomic E-state index is -3.62. The van der Waals surface area contributed by atoms with Crippen molar-refractivity contribution in [3.63, 3.8) is 0 Å². The SMILES string of the molecule is CCCCC1(CC)CN(c2ccccc2)c2cc(NC)c(OCCC(=O)O)cc2S(=O)(=O)C1. The van der Waals surface area contributed by atoms with Gasteiger partial charge in [-0.1, -0.05) is 44.9 Å². The second kappa shape index (κ2) is 10.5. The van der Waals surface area contributed by atoms with Crippen LogP contribution in [0.3, 0.4) is 0 Å². The summed E-state index contributed by atoms with van der Waals surface area (Å²) in [6, 6.07) is 13.2. The molecule has 0 radical (unpaired) electrons. The number of sulfone groups is 1. The van der Waals surface area contributed by atoms with E-state index in [4.69, 9.17) is 9.84 Å². The van der Waals surface area contributed by atoms with Gasteiger partial charge >= 0.3 is 5.97 Å². The average Bonchev–Trinajstić information content (AvgIpc) is 2.90. The highest BCUT2D eigenvalue weighted by atomic mass is 32.2. The highest BCUT2D eigenvalue weighted by Crippen LogP contribution is 2.46. The van der Waals surface area contributed by atoms with Crippen molar-refractivity contribution in [2.75, 3.05) is 36.2 Å². The average molecular weight is 475 g/mol. The Hall–Kier alpha value is -2.74. The summed E-state index contributed by atoms with van der Waals surface area (Å²) >= 11 is 0. The van der Waals surface area contributed by atoms with E-state index in [9.17, 15) is 13.2 Å². The Kier molecular flexibility index (Phi) is 7.89. The van der Waals surface area contributed by atoms with Crippen LogP contribution in [0.2, 0.25) is 0 Å². The molecule has 180 valence electrons. The van der Waals surface area contributed by atoms with Crippen LogP contribution in [0.5, 0.6) is 5.75 Å². The first-order chi connectivity index (χ1) is 15.7. The van der Waals surface area contributed by atoms with Crippen molar-refractivity contribution >= 4 is 32.9 Å². The number of aliphatic carboxylic acids is 1. The summed E-state index contributed by atoms with van der Waals surface area (Å²) in [6.45, 7) is 4.75. The standard InChI is InChI=1S/C25H34N2O5S/c1-4-6-13-25(5-2)17-27(19-10-8-7-9-11-19)21-15-20(26-3)22(32-14-12-24(28)29)16-23(21)33(30,31)18-25/h7-11,15-16,26H,4-6,12-14,17-18H2,1-3H3,(H,28,29). The van der Waals surface area contributed by atoms with Gasteiger partial charge in [-0.3, -0.25) is 4.79 Å². The molecule has 2 N–H and O–H groups in total. The molecule has 0 aliphatic carbocycles. The highest BCUT2D eigenvalue weighted by Gasteiger charge is 2.41. The van der Waals surface area contributed by atoms with Gasteiger partial charge < -0.3 is 20.1 Å². The lowest BCUT2D eigenvalue weighted by Crippen LogP contribution is -2.37. The zero-order valence-electron chi connectivity index (χ0n) is 19.6. The predicted molar refractivity (Wildman–Crippen MR) is 131 cm³/mol. The maximum absolute atomic E-state index is 13.7. The summed E-state index contributed by atoms with van der Waals surface area (Å²) in [7, 11) is -1.89. The van der Waals surface area contributed by atoms with E-state index in [1.54, 1.807) is 13.1 Å². The van der Waals surface area contributed by atoms with Crippen molar-refractivity contribution in [1.29, 1.82) is 0 Å². The number of carboxylic acids is 1. The number of nitrogens with zero attached hydrogens (tertiary/aromatic N) is 1. The molecule has 1 heterocycles. The Bertz CT molecular complexity index is 1070. The summed E-state index contributed by atoms with van der Waals surface area (Å²) in [5.74, 6) is -0.561. The number of unbranched alkanes of at least 4 members (excludes halogenated alkanes) is 1. The van der Waals surface area contributed by atoms with Crippen LogP contribution in [0, 0.1) is 5.41 Å². The summed E-state index contributed by atoms with van der Waals surface area (Å²) < 4.78 is 33.2. The second-order valence-corrected chi connectivity index (χ2v) is 10.7. The molecule has 7 nitrogen and oxygen atoms in total. The first-order valence-corrected chi connectivity index (χ1v) is 13.2. The van der Waals surface area contributed by atoms with Gasteiger partial charge in [-0.05, 0) is 31.0 Å². The monoisotopic (exact) mass is 474 g/mol. The van der Waals surface area contributed by atoms with Crippen molar-refractivity contribution < 1.29 is 23.1 Å². The van der Waals surface area contributed by atoms with E-state index in [0.29, 0.717) is 23.7 Å². The van der Waals surface area contributed by atoms with Gasteiger partial charge in [0.05, 0.1) is 35.1 Å². The predicted octanol–water partition coefficient (Wildman–Crippen LogP) is 5.09. The minimum absolute atomic E-state index is 0.0410. The Morgan fingerprint density at radius 1 is 1.21 bits per heavy atom. The van der Waals surface area contributed by atoms with Crippen molar-refractivity contribution in [2.24, 2.45) is 5.41 Å². The molecule has 1 aliphatic rings. The van der Waals surface area contributed by atoms with E-state index in [1.807, 2.05) is 36.4 Å². The van der Waals surface area contributed by atoms with Crippen LogP contribution < -0.4 is 15.0 Å². The third kappa shape index (κ3) is 5.61. The first-order valence-electron chi connectivity index (χ1n) is 11.5. The van der Waals surface area contributed by atoms with E-state index in [-0.39, 0.29) is 29.1 Å². The van der Waals surface area contributed by atoms with Crippen LogP contribution >= 0.6 is 0 Å². The number of benzene rings is 2. The van der Waals surface area contributed by atoms with E-state index in [1.165, 1.54) is 0 Å². The van der Waals surface area contributed by atoms with Crippen molar-refractivity contribution in [3.05, 3.63) is 42.5 Å². The van der Waals surface area contributed by atoms with Gasteiger partial charge in [0.2, 0.25) is 0 Å². The van der Waals surface area contributed by atoms with Gasteiger partial charge in [0.15, 0.2) is 9.84 Å². The van der Waals surface area contributed by atoms with Crippen LogP contribution in [-0.4, -0.2) is 45.4 Å². The minimum Gasteiger partial charge on any atom is -0.491 e. The second-order valence-electron chi connectivity index (χ2n) is 8.70. The number of hydrogen-bond donors (Lipinski definition) is 2. The molecule has 0 aromatic heterocycles. The lowest BCUT2D eigenvalue weighted by molar-refractivity contribution is -0.137. The molecule has 0 saturated carbocycles. The van der Waals surface area contributed by atoms with Gasteiger partial charge in [0, 0.05) is 30.8 Å². The molecule has 3 rings (SSSR count). The zero-order chi connectivity index (χ0) is 24.1. The topological polar surface area (TPSA) is 95.9 Å². The number of para-hydroxylation sites is 1. The Labute approximate surface area is 196 Å². The summed E-state index contributed by atoms with van der Waals surface area (Å²) in [4.78, 5) is 13.3. The van der Waals surface area contributed by atoms with Crippen LogP contribution in [0.1, 0.15) is 46.0 Å². The number of fused-ring (bicyclic) bond motifs is 1. The molecule has 0 saturated heterocycles. The van der Waals surface area contributed by atoms with Gasteiger partial charge in [-0.2, -0.15) is 0 Å². The van der Waals surface area contributed by atoms with E-state index < -0.39 is 15.8 Å². The fourth-order valence-electron chi connectivity index (χ4n) is 4.45. The van der Waals surface area contributed by atoms with Crippen LogP contribution in [0.25, 0.3) is 0 Å². The molecular weight excluding hydrogens is 440 g/mol. The maximum atomic E-state index is 13.7. The number of rotatable bonds is 10. The van der Waals surface area contributed by atoms with Crippen molar-refractivity contribution in [3.8, 4) is 5.75 Å². The molecule has 33 heavy (non-hydrogen) atoms. The molecule has 1 unspecified atom stereocenters. The Balaban J connectivity index is 2.18. The van der Waals surface area contributed by atoms with Crippen molar-refractivity contribution in [1.82, 2.24) is 0 Å². The summed E-state index contributed by atoms with van der Waals surface area (Å²) in [5, 5.41) is 12.0. The third-order valence-corrected chi connectivity index (χ3v) is 8.39. The molecular formula is C25H34N2O5S. The maximum Gasteiger partial charge on any atom is 0.306 e. The molecule has 0 bridgehead atoms. The van der Waals surface area contributed by atoms with Crippen LogP contribution in [-0.2, 0) is 14.6 Å². The Morgan fingerprint density at radius 2 is 1.94 bits per heavy atom. The van der Waals surface area contributed by atoms with Crippen LogP contribution in [0.15, 0.2) is 47.4 Å². The molecule has 2 aromatic carbocycles. The Morgan fingerprint density at radius 3 is 2.55 bits per heavy atom. The third-order valence-electron chi connectivity index (χ3n) is 6.40. The lowest BCUT2D eigenvalue weighted by Gasteiger charge is -2.36. The van der Waals surface area contributed by atoms with Gasteiger partial charge in [-0.25, -0.2) is 8.42 Å². The summed E-state index contributed by atoms with van der Waals surface area (Å²) in [6.07, 6.45) is 3.39. The van der Waals surface area contributed by atoms with Crippen LogP contribution in [0.4, 0.5) is 17.1 Å². The quantitative estimate of drug-likeness (QED) is 0.495. The molecule has 1 aliphatic heterocycles. The number of carboxylic acid groups (broad SMARTS) is 1. The number of ether oxygens (including phenoxy) is 1. The van der Waals surface area contributed by atoms with E-state index in [0.717, 1.165) is 31.4 Å². The molecule has 0 amide bonds. The molecule has 0 fully saturated rings. The number of hydrogen-bond acceptors (Lipinski definition) is 6. The highest BCUT2D eigenvalue weighted by molar-refractivity contribution is 7.91. The molecule has 2 aromatic rings.